The number of unbranched alkanes of at least 4 members (excludes halogenated alkanes) is 3. The van der Waals surface area contributed by atoms with E-state index in [-0.39, 0.29) is 57.0 Å². The zero-order valence-electron chi connectivity index (χ0n) is 25.9. The minimum atomic E-state index is -1.13. The minimum absolute atomic E-state index is 0.0181. The third-order valence-corrected chi connectivity index (χ3v) is 6.14. The first kappa shape index (κ1) is 43.8. The van der Waals surface area contributed by atoms with E-state index in [1.54, 1.807) is 24.3 Å². The molecule has 0 saturated heterocycles. The lowest BCUT2D eigenvalue weighted by Gasteiger charge is -2.27. The predicted octanol–water partition coefficient (Wildman–Crippen LogP) is 3.16. The maximum Gasteiger partial charge on any atom is 0.338 e. The van der Waals surface area contributed by atoms with Gasteiger partial charge in [-0.25, -0.2) is 14.4 Å². The van der Waals surface area contributed by atoms with Gasteiger partial charge in [0.15, 0.2) is 0 Å². The number of carbonyl (C=O) groups excluding carboxylic acids is 1. The minimum Gasteiger partial charge on any atom is -0.481 e. The van der Waals surface area contributed by atoms with E-state index in [1.165, 1.54) is 18.2 Å². The average molecular weight is 655 g/mol. The number of hydrogen-bond donors (Lipinski definition) is 8. The number of carboxylic acid groups (broad SMARTS) is 4. The molecule has 0 unspecified atom stereocenters. The second-order valence-electron chi connectivity index (χ2n) is 9.81. The maximum atomic E-state index is 11.7. The lowest BCUT2D eigenvalue weighted by molar-refractivity contribution is -0.139. The van der Waals surface area contributed by atoms with Gasteiger partial charge in [0.25, 0.3) is 0 Å². The molecule has 0 aliphatic rings. The largest absolute Gasteiger partial charge is 0.481 e. The highest BCUT2D eigenvalue weighted by atomic mass is 16.5. The first-order chi connectivity index (χ1) is 21.8. The zero-order chi connectivity index (χ0) is 35.4. The number of ether oxygens (including phenoxy) is 1. The molecule has 46 heavy (non-hydrogen) atoms. The first-order valence-corrected chi connectivity index (χ1v) is 14.5. The Hall–Kier alpha value is -4.37. The molecule has 0 heterocycles. The summed E-state index contributed by atoms with van der Waals surface area (Å²) < 4.78 is 5.11. The molecule has 0 radical (unpaired) electrons. The fourth-order valence-corrected chi connectivity index (χ4v) is 3.08. The Morgan fingerprint density at radius 1 is 0.609 bits per heavy atom. The van der Waals surface area contributed by atoms with Crippen LogP contribution in [0.3, 0.4) is 0 Å². The average Bonchev–Trinajstić information content (AvgIpc) is 3.05. The highest BCUT2D eigenvalue weighted by molar-refractivity contribution is 5.93. The number of rotatable bonds is 17. The smallest absolute Gasteiger partial charge is 0.338 e. The Balaban J connectivity index is 0. The highest BCUT2D eigenvalue weighted by Gasteiger charge is 2.28. The number of carbonyl (C=O) groups is 5. The van der Waals surface area contributed by atoms with Crippen molar-refractivity contribution in [2.45, 2.75) is 58.3 Å². The Bertz CT molecular complexity index is 1090. The van der Waals surface area contributed by atoms with Crippen molar-refractivity contribution in [3.63, 3.8) is 0 Å². The maximum absolute atomic E-state index is 11.7. The molecular weight excluding hydrogens is 608 g/mol. The number of hydrogen-bond acceptors (Lipinski definition) is 10. The monoisotopic (exact) mass is 654 g/mol. The van der Waals surface area contributed by atoms with E-state index >= 15 is 0 Å². The van der Waals surface area contributed by atoms with E-state index in [0.29, 0.717) is 24.8 Å². The molecule has 0 fully saturated rings. The zero-order valence-corrected chi connectivity index (χ0v) is 25.9. The standard InChI is InChI=1S/C13H18O4.C8H6O4.C6H10O4.C5H12O2/c1-2-13(8-14,9-15)10-17-12(16)11-6-4-3-5-7-11;9-7(10)5-2-1-3-6(4-5)8(11)12;7-5(8)3-1-2-4-6(9)10;6-4-2-1-3-5-7/h3-7,14-15H,2,8-10H2,1H3;1-4H,(H,9,10)(H,11,12);1-4H2,(H,7,8)(H,9,10);6-7H,1-5H2. The van der Waals surface area contributed by atoms with Crippen LogP contribution in [0.1, 0.15) is 89.4 Å². The van der Waals surface area contributed by atoms with Gasteiger partial charge in [-0.05, 0) is 68.9 Å². The molecule has 0 aliphatic heterocycles. The van der Waals surface area contributed by atoms with Crippen LogP contribution in [0.5, 0.6) is 0 Å². The van der Waals surface area contributed by atoms with Crippen molar-refractivity contribution in [1.82, 2.24) is 0 Å². The molecule has 14 heteroatoms. The number of aliphatic carboxylic acids is 2. The van der Waals surface area contributed by atoms with E-state index in [0.717, 1.165) is 25.3 Å². The molecule has 2 aromatic rings. The molecule has 2 rings (SSSR count). The summed E-state index contributed by atoms with van der Waals surface area (Å²) in [7, 11) is 0. The van der Waals surface area contributed by atoms with Crippen LogP contribution in [0.2, 0.25) is 0 Å². The van der Waals surface area contributed by atoms with Crippen LogP contribution in [0.25, 0.3) is 0 Å². The van der Waals surface area contributed by atoms with Crippen LogP contribution in [0, 0.1) is 5.41 Å². The fraction of sp³-hybridized carbons (Fsp3) is 0.469. The summed E-state index contributed by atoms with van der Waals surface area (Å²) in [4.78, 5) is 52.2. The van der Waals surface area contributed by atoms with Gasteiger partial charge in [-0.3, -0.25) is 9.59 Å². The van der Waals surface area contributed by atoms with Gasteiger partial charge in [0.05, 0.1) is 35.3 Å². The van der Waals surface area contributed by atoms with Crippen LogP contribution in [-0.4, -0.2) is 104 Å². The van der Waals surface area contributed by atoms with E-state index in [4.69, 9.17) is 35.4 Å². The van der Waals surface area contributed by atoms with Gasteiger partial charge in [0, 0.05) is 26.1 Å². The highest BCUT2D eigenvalue weighted by Crippen LogP contribution is 2.21. The van der Waals surface area contributed by atoms with E-state index in [1.807, 2.05) is 13.0 Å². The van der Waals surface area contributed by atoms with Crippen molar-refractivity contribution < 1.29 is 69.6 Å². The summed E-state index contributed by atoms with van der Waals surface area (Å²) in [5, 5.41) is 68.1. The Kier molecular flexibility index (Phi) is 25.7. The Labute approximate surface area is 267 Å². The lowest BCUT2D eigenvalue weighted by Crippen LogP contribution is -2.35. The molecule has 2 aromatic carbocycles. The molecule has 0 aliphatic carbocycles. The van der Waals surface area contributed by atoms with Gasteiger partial charge in [0.2, 0.25) is 0 Å². The first-order valence-electron chi connectivity index (χ1n) is 14.5. The SMILES string of the molecule is CCC(CO)(CO)COC(=O)c1ccccc1.O=C(O)CCCCC(=O)O.O=C(O)c1cccc(C(=O)O)c1.OCCCCCO. The van der Waals surface area contributed by atoms with Crippen LogP contribution in [-0.2, 0) is 14.3 Å². The molecule has 258 valence electrons. The topological polar surface area (TPSA) is 256 Å². The van der Waals surface area contributed by atoms with Gasteiger partial charge in [-0.2, -0.15) is 0 Å². The molecule has 0 aromatic heterocycles. The predicted molar refractivity (Wildman–Crippen MR) is 166 cm³/mol. The van der Waals surface area contributed by atoms with Crippen LogP contribution >= 0.6 is 0 Å². The molecule has 8 N–H and O–H groups in total. The molecule has 0 bridgehead atoms. The number of aliphatic hydroxyl groups excluding tert-OH is 4. The molecule has 14 nitrogen and oxygen atoms in total. The van der Waals surface area contributed by atoms with Crippen molar-refractivity contribution in [1.29, 1.82) is 0 Å². The van der Waals surface area contributed by atoms with E-state index in [9.17, 15) is 34.2 Å². The number of carboxylic acids is 4. The Morgan fingerprint density at radius 2 is 1.04 bits per heavy atom. The summed E-state index contributed by atoms with van der Waals surface area (Å²) in [5.41, 5.74) is -0.317. The Morgan fingerprint density at radius 3 is 1.39 bits per heavy atom. The fourth-order valence-electron chi connectivity index (χ4n) is 3.08. The molecule has 0 spiro atoms. The second kappa shape index (κ2) is 27.0. The third-order valence-electron chi connectivity index (χ3n) is 6.14. The van der Waals surface area contributed by atoms with Crippen molar-refractivity contribution in [3.05, 3.63) is 71.3 Å². The molecular formula is C32H46O14. The van der Waals surface area contributed by atoms with Gasteiger partial charge in [0.1, 0.15) is 6.61 Å². The third kappa shape index (κ3) is 22.2. The van der Waals surface area contributed by atoms with Gasteiger partial charge >= 0.3 is 29.8 Å². The number of aromatic carboxylic acids is 2. The number of esters is 1. The molecule has 0 saturated carbocycles. The quantitative estimate of drug-likeness (QED) is 0.0901. The van der Waals surface area contributed by atoms with Crippen molar-refractivity contribution in [2.75, 3.05) is 33.0 Å². The number of benzene rings is 2. The van der Waals surface area contributed by atoms with Gasteiger partial charge < -0.3 is 45.6 Å². The van der Waals surface area contributed by atoms with E-state index < -0.39 is 35.3 Å². The van der Waals surface area contributed by atoms with Crippen molar-refractivity contribution in [2.24, 2.45) is 5.41 Å². The second-order valence-corrected chi connectivity index (χ2v) is 9.81. The molecule has 0 atom stereocenters. The summed E-state index contributed by atoms with van der Waals surface area (Å²) in [6.45, 7) is 1.94. The van der Waals surface area contributed by atoms with Gasteiger partial charge in [-0.1, -0.05) is 31.2 Å². The number of aliphatic hydroxyl groups is 4. The summed E-state index contributed by atoms with van der Waals surface area (Å²) in [5.74, 6) is -4.43. The summed E-state index contributed by atoms with van der Waals surface area (Å²) in [6.07, 6.45) is 4.14. The lowest BCUT2D eigenvalue weighted by atomic mass is 9.88. The van der Waals surface area contributed by atoms with Crippen LogP contribution < -0.4 is 0 Å². The van der Waals surface area contributed by atoms with Crippen molar-refractivity contribution in [3.8, 4) is 0 Å². The van der Waals surface area contributed by atoms with E-state index in [2.05, 4.69) is 0 Å². The van der Waals surface area contributed by atoms with Crippen LogP contribution in [0.4, 0.5) is 0 Å². The normalized spacial score (nSPS) is 10.0. The van der Waals surface area contributed by atoms with Gasteiger partial charge in [-0.15, -0.1) is 0 Å². The molecule has 0 amide bonds. The summed E-state index contributed by atoms with van der Waals surface area (Å²) in [6, 6.07) is 13.8. The summed E-state index contributed by atoms with van der Waals surface area (Å²) >= 11 is 0. The van der Waals surface area contributed by atoms with Crippen LogP contribution in [0.15, 0.2) is 54.6 Å². The van der Waals surface area contributed by atoms with Crippen molar-refractivity contribution >= 4 is 29.8 Å².